The third-order valence-electron chi connectivity index (χ3n) is 3.52. The van der Waals surface area contributed by atoms with Crippen LogP contribution in [-0.2, 0) is 11.3 Å². The third kappa shape index (κ3) is 4.12. The van der Waals surface area contributed by atoms with Gasteiger partial charge in [-0.25, -0.2) is 0 Å². The Morgan fingerprint density at radius 3 is 2.75 bits per heavy atom. The van der Waals surface area contributed by atoms with E-state index in [-0.39, 0.29) is 5.91 Å². The van der Waals surface area contributed by atoms with Gasteiger partial charge in [0.2, 0.25) is 5.91 Å². The van der Waals surface area contributed by atoms with Crippen molar-refractivity contribution in [1.29, 1.82) is 0 Å². The number of likely N-dealkylation sites (N-methyl/N-ethyl adjacent to an activating group) is 2. The monoisotopic (exact) mass is 295 g/mol. The number of benzene rings is 1. The first kappa shape index (κ1) is 15.1. The molecule has 1 saturated carbocycles. The van der Waals surface area contributed by atoms with Gasteiger partial charge in [-0.15, -0.1) is 0 Å². The molecule has 1 aliphatic rings. The van der Waals surface area contributed by atoms with Gasteiger partial charge in [0, 0.05) is 26.2 Å². The largest absolute Gasteiger partial charge is 0.361 e. The van der Waals surface area contributed by atoms with E-state index in [9.17, 15) is 4.79 Å². The maximum Gasteiger partial charge on any atom is 0.239 e. The van der Waals surface area contributed by atoms with Gasteiger partial charge in [0.05, 0.1) is 17.3 Å². The summed E-state index contributed by atoms with van der Waals surface area (Å²) in [6.07, 6.45) is 2.56. The molecule has 1 fully saturated rings. The number of carbonyl (C=O) groups is 1. The van der Waals surface area contributed by atoms with E-state index in [4.69, 9.17) is 11.6 Å². The summed E-state index contributed by atoms with van der Waals surface area (Å²) in [5.41, 5.74) is 2.09. The molecule has 0 radical (unpaired) electrons. The summed E-state index contributed by atoms with van der Waals surface area (Å²) in [6.45, 7) is 3.94. The lowest BCUT2D eigenvalue weighted by Crippen LogP contribution is -2.35. The summed E-state index contributed by atoms with van der Waals surface area (Å²) in [4.78, 5) is 13.5. The summed E-state index contributed by atoms with van der Waals surface area (Å²) in [7, 11) is 1.64. The van der Waals surface area contributed by atoms with Crippen molar-refractivity contribution < 1.29 is 4.79 Å². The molecule has 20 heavy (non-hydrogen) atoms. The van der Waals surface area contributed by atoms with Gasteiger partial charge < -0.3 is 15.5 Å². The number of hydrogen-bond acceptors (Lipinski definition) is 3. The number of rotatable bonds is 7. The van der Waals surface area contributed by atoms with Gasteiger partial charge in [0.1, 0.15) is 0 Å². The van der Waals surface area contributed by atoms with Crippen LogP contribution in [-0.4, -0.2) is 32.1 Å². The molecule has 4 nitrogen and oxygen atoms in total. The first-order valence-corrected chi connectivity index (χ1v) is 7.49. The van der Waals surface area contributed by atoms with E-state index >= 15 is 0 Å². The zero-order valence-electron chi connectivity index (χ0n) is 12.1. The minimum atomic E-state index is -0.0117. The van der Waals surface area contributed by atoms with Crippen molar-refractivity contribution in [1.82, 2.24) is 10.6 Å². The third-order valence-corrected chi connectivity index (χ3v) is 3.82. The van der Waals surface area contributed by atoms with Gasteiger partial charge in [0.25, 0.3) is 0 Å². The molecule has 2 N–H and O–H groups in total. The fraction of sp³-hybridized carbons (Fsp3) is 0.533. The van der Waals surface area contributed by atoms with E-state index in [0.717, 1.165) is 18.8 Å². The smallest absolute Gasteiger partial charge is 0.239 e. The van der Waals surface area contributed by atoms with Crippen molar-refractivity contribution in [2.24, 2.45) is 0 Å². The predicted octanol–water partition coefficient (Wildman–Crippen LogP) is 2.16. The molecular weight excluding hydrogens is 274 g/mol. The van der Waals surface area contributed by atoms with Crippen LogP contribution in [0.4, 0.5) is 5.69 Å². The second-order valence-corrected chi connectivity index (χ2v) is 5.54. The molecule has 110 valence electrons. The summed E-state index contributed by atoms with van der Waals surface area (Å²) < 4.78 is 0. The lowest BCUT2D eigenvalue weighted by Gasteiger charge is -2.23. The van der Waals surface area contributed by atoms with E-state index in [1.807, 2.05) is 24.0 Å². The highest BCUT2D eigenvalue weighted by Gasteiger charge is 2.20. The second kappa shape index (κ2) is 6.95. The number of hydrogen-bond donors (Lipinski definition) is 2. The van der Waals surface area contributed by atoms with Gasteiger partial charge in [-0.1, -0.05) is 17.7 Å². The molecule has 0 unspecified atom stereocenters. The van der Waals surface area contributed by atoms with Gasteiger partial charge >= 0.3 is 0 Å². The molecule has 0 atom stereocenters. The number of carbonyl (C=O) groups excluding carboxylic acids is 1. The van der Waals surface area contributed by atoms with Crippen molar-refractivity contribution in [2.75, 3.05) is 25.0 Å². The fourth-order valence-electron chi connectivity index (χ4n) is 2.09. The van der Waals surface area contributed by atoms with Crippen LogP contribution in [0.5, 0.6) is 0 Å². The van der Waals surface area contributed by atoms with Crippen LogP contribution < -0.4 is 15.5 Å². The van der Waals surface area contributed by atoms with E-state index in [1.165, 1.54) is 18.4 Å². The molecule has 0 heterocycles. The van der Waals surface area contributed by atoms with Crippen molar-refractivity contribution in [3.8, 4) is 0 Å². The standard InChI is InChI=1S/C15H22ClN3O/c1-3-19(10-15(20)17-2)14-7-4-11(8-13(14)16)9-18-12-5-6-12/h4,7-8,12,18H,3,5-6,9-10H2,1-2H3,(H,17,20). The average Bonchev–Trinajstić information content (AvgIpc) is 3.27. The number of amides is 1. The van der Waals surface area contributed by atoms with Crippen LogP contribution in [0, 0.1) is 0 Å². The van der Waals surface area contributed by atoms with Gasteiger partial charge in [-0.05, 0) is 37.5 Å². The quantitative estimate of drug-likeness (QED) is 0.810. The molecule has 1 amide bonds. The molecule has 0 bridgehead atoms. The number of nitrogens with zero attached hydrogens (tertiary/aromatic N) is 1. The first-order chi connectivity index (χ1) is 9.63. The zero-order chi connectivity index (χ0) is 14.5. The Balaban J connectivity index is 2.03. The molecule has 0 aliphatic heterocycles. The summed E-state index contributed by atoms with van der Waals surface area (Å²) >= 11 is 6.36. The molecular formula is C15H22ClN3O. The van der Waals surface area contributed by atoms with Crippen molar-refractivity contribution in [3.63, 3.8) is 0 Å². The summed E-state index contributed by atoms with van der Waals surface area (Å²) in [5.74, 6) is -0.0117. The van der Waals surface area contributed by atoms with Crippen molar-refractivity contribution >= 4 is 23.2 Å². The molecule has 2 rings (SSSR count). The minimum Gasteiger partial charge on any atom is -0.361 e. The molecule has 0 saturated heterocycles. The second-order valence-electron chi connectivity index (χ2n) is 5.13. The molecule has 1 aromatic rings. The Morgan fingerprint density at radius 1 is 1.45 bits per heavy atom. The number of halogens is 1. The SMILES string of the molecule is CCN(CC(=O)NC)c1ccc(CNC2CC2)cc1Cl. The van der Waals surface area contributed by atoms with Gasteiger partial charge in [0.15, 0.2) is 0 Å². The Hall–Kier alpha value is -1.26. The first-order valence-electron chi connectivity index (χ1n) is 7.11. The highest BCUT2D eigenvalue weighted by atomic mass is 35.5. The molecule has 0 aromatic heterocycles. The Morgan fingerprint density at radius 2 is 2.20 bits per heavy atom. The van der Waals surface area contributed by atoms with Crippen LogP contribution in [0.1, 0.15) is 25.3 Å². The summed E-state index contributed by atoms with van der Waals surface area (Å²) in [6, 6.07) is 6.74. The molecule has 0 spiro atoms. The normalized spacial score (nSPS) is 14.2. The Labute approximate surface area is 125 Å². The predicted molar refractivity (Wildman–Crippen MR) is 83.3 cm³/mol. The topological polar surface area (TPSA) is 44.4 Å². The van der Waals surface area contributed by atoms with E-state index < -0.39 is 0 Å². The lowest BCUT2D eigenvalue weighted by atomic mass is 10.2. The maximum atomic E-state index is 11.5. The highest BCUT2D eigenvalue weighted by molar-refractivity contribution is 6.33. The van der Waals surface area contributed by atoms with Crippen LogP contribution in [0.25, 0.3) is 0 Å². The number of anilines is 1. The molecule has 1 aromatic carbocycles. The zero-order valence-corrected chi connectivity index (χ0v) is 12.8. The minimum absolute atomic E-state index is 0.0117. The van der Waals surface area contributed by atoms with Crippen LogP contribution in [0.3, 0.4) is 0 Å². The van der Waals surface area contributed by atoms with Crippen molar-refractivity contribution in [3.05, 3.63) is 28.8 Å². The van der Waals surface area contributed by atoms with Gasteiger partial charge in [-0.2, -0.15) is 0 Å². The Kier molecular flexibility index (Phi) is 5.26. The van der Waals surface area contributed by atoms with Crippen LogP contribution in [0.2, 0.25) is 5.02 Å². The van der Waals surface area contributed by atoms with E-state index in [0.29, 0.717) is 17.6 Å². The average molecular weight is 296 g/mol. The highest BCUT2D eigenvalue weighted by Crippen LogP contribution is 2.27. The Bertz CT molecular complexity index is 474. The van der Waals surface area contributed by atoms with E-state index in [1.54, 1.807) is 7.05 Å². The van der Waals surface area contributed by atoms with Crippen LogP contribution in [0.15, 0.2) is 18.2 Å². The van der Waals surface area contributed by atoms with Gasteiger partial charge in [-0.3, -0.25) is 4.79 Å². The maximum absolute atomic E-state index is 11.5. The number of nitrogens with one attached hydrogen (secondary N) is 2. The van der Waals surface area contributed by atoms with Crippen LogP contribution >= 0.6 is 11.6 Å². The summed E-state index contributed by atoms with van der Waals surface area (Å²) in [5, 5.41) is 6.80. The lowest BCUT2D eigenvalue weighted by molar-refractivity contribution is -0.119. The molecule has 1 aliphatic carbocycles. The van der Waals surface area contributed by atoms with E-state index in [2.05, 4.69) is 16.7 Å². The fourth-order valence-corrected chi connectivity index (χ4v) is 2.41. The molecule has 5 heteroatoms. The van der Waals surface area contributed by atoms with Crippen molar-refractivity contribution in [2.45, 2.75) is 32.4 Å².